The summed E-state index contributed by atoms with van der Waals surface area (Å²) in [5.74, 6) is 2.83. The van der Waals surface area contributed by atoms with Gasteiger partial charge in [-0.05, 0) is 62.3 Å². The quantitative estimate of drug-likeness (QED) is 0.837. The minimum atomic E-state index is 0.191. The van der Waals surface area contributed by atoms with Crippen LogP contribution in [0.4, 0.5) is 5.69 Å². The van der Waals surface area contributed by atoms with Gasteiger partial charge in [0, 0.05) is 11.3 Å². The summed E-state index contributed by atoms with van der Waals surface area (Å²) in [5.41, 5.74) is 8.23. The molecule has 0 aromatic heterocycles. The zero-order valence-corrected chi connectivity index (χ0v) is 11.5. The van der Waals surface area contributed by atoms with Crippen LogP contribution in [0.5, 0.6) is 0 Å². The Bertz CT molecular complexity index is 447. The first-order valence-corrected chi connectivity index (χ1v) is 7.70. The summed E-state index contributed by atoms with van der Waals surface area (Å²) in [6.07, 6.45) is 8.30. The predicted octanol–water partition coefficient (Wildman–Crippen LogP) is 3.75. The monoisotopic (exact) mass is 257 g/mol. The van der Waals surface area contributed by atoms with E-state index >= 15 is 0 Å². The Labute approximate surface area is 115 Å². The second-order valence-electron chi connectivity index (χ2n) is 7.09. The average molecular weight is 257 g/mol. The molecule has 0 radical (unpaired) electrons. The minimum absolute atomic E-state index is 0.191. The maximum atomic E-state index is 6.43. The fourth-order valence-electron chi connectivity index (χ4n) is 5.10. The van der Waals surface area contributed by atoms with E-state index in [0.717, 1.165) is 29.0 Å². The molecule has 4 saturated carbocycles. The number of rotatable bonds is 3. The summed E-state index contributed by atoms with van der Waals surface area (Å²) in [4.78, 5) is 0. The van der Waals surface area contributed by atoms with Crippen molar-refractivity contribution in [1.82, 2.24) is 0 Å². The predicted molar refractivity (Wildman–Crippen MR) is 76.5 cm³/mol. The van der Waals surface area contributed by atoms with Crippen molar-refractivity contribution in [1.29, 1.82) is 0 Å². The highest BCUT2D eigenvalue weighted by Gasteiger charge is 2.51. The van der Waals surface area contributed by atoms with Gasteiger partial charge >= 0.3 is 0 Å². The van der Waals surface area contributed by atoms with Gasteiger partial charge in [-0.1, -0.05) is 18.2 Å². The van der Waals surface area contributed by atoms with Gasteiger partial charge in [0.25, 0.3) is 0 Å². The maximum absolute atomic E-state index is 6.43. The van der Waals surface area contributed by atoms with E-state index in [0.29, 0.717) is 6.61 Å². The fourth-order valence-corrected chi connectivity index (χ4v) is 5.10. The molecule has 4 bridgehead atoms. The highest BCUT2D eigenvalue weighted by molar-refractivity contribution is 5.45. The third-order valence-corrected chi connectivity index (χ3v) is 5.57. The average Bonchev–Trinajstić information content (AvgIpc) is 2.36. The van der Waals surface area contributed by atoms with E-state index in [4.69, 9.17) is 10.5 Å². The fraction of sp³-hybridized carbons (Fsp3) is 0.647. The first-order chi connectivity index (χ1) is 9.22. The lowest BCUT2D eigenvalue weighted by atomic mass is 9.54. The smallest absolute Gasteiger partial charge is 0.0744 e. The van der Waals surface area contributed by atoms with Crippen LogP contribution >= 0.6 is 0 Å². The number of benzene rings is 1. The van der Waals surface area contributed by atoms with Crippen LogP contribution < -0.4 is 5.73 Å². The standard InChI is InChI=1S/C17H23NO/c18-16-4-2-1-3-15(16)11-19-17-8-12-5-13(9-17)7-14(6-12)10-17/h1-4,12-14H,5-11,18H2. The summed E-state index contributed by atoms with van der Waals surface area (Å²) < 4.78 is 6.43. The SMILES string of the molecule is Nc1ccccc1COC12CC3CC(CC(C3)C1)C2. The number of para-hydroxylation sites is 1. The zero-order valence-electron chi connectivity index (χ0n) is 11.5. The van der Waals surface area contributed by atoms with Gasteiger partial charge in [-0.2, -0.15) is 0 Å². The summed E-state index contributed by atoms with van der Waals surface area (Å²) in [5, 5.41) is 0. The molecule has 19 heavy (non-hydrogen) atoms. The first-order valence-electron chi connectivity index (χ1n) is 7.70. The highest BCUT2D eigenvalue weighted by atomic mass is 16.5. The Morgan fingerprint density at radius 3 is 2.16 bits per heavy atom. The Hall–Kier alpha value is -1.02. The molecular weight excluding hydrogens is 234 g/mol. The minimum Gasteiger partial charge on any atom is -0.398 e. The molecule has 1 aromatic carbocycles. The van der Waals surface area contributed by atoms with E-state index < -0.39 is 0 Å². The number of anilines is 1. The van der Waals surface area contributed by atoms with E-state index in [-0.39, 0.29) is 5.60 Å². The van der Waals surface area contributed by atoms with Gasteiger partial charge in [-0.15, -0.1) is 0 Å². The van der Waals surface area contributed by atoms with Crippen LogP contribution in [-0.4, -0.2) is 5.60 Å². The van der Waals surface area contributed by atoms with E-state index in [1.807, 2.05) is 12.1 Å². The van der Waals surface area contributed by atoms with Crippen LogP contribution in [0.15, 0.2) is 24.3 Å². The van der Waals surface area contributed by atoms with Crippen molar-refractivity contribution < 1.29 is 4.74 Å². The molecule has 1 aromatic rings. The van der Waals surface area contributed by atoms with Crippen LogP contribution in [0.2, 0.25) is 0 Å². The number of nitrogen functional groups attached to an aromatic ring is 1. The van der Waals surface area contributed by atoms with Crippen molar-refractivity contribution in [3.8, 4) is 0 Å². The van der Waals surface area contributed by atoms with Crippen LogP contribution in [0.3, 0.4) is 0 Å². The molecule has 0 spiro atoms. The molecule has 2 nitrogen and oxygen atoms in total. The molecule has 102 valence electrons. The van der Waals surface area contributed by atoms with Crippen LogP contribution in [-0.2, 0) is 11.3 Å². The molecular formula is C17H23NO. The van der Waals surface area contributed by atoms with E-state index in [2.05, 4.69) is 12.1 Å². The lowest BCUT2D eigenvalue weighted by Gasteiger charge is -2.56. The summed E-state index contributed by atoms with van der Waals surface area (Å²) in [7, 11) is 0. The molecule has 0 atom stereocenters. The van der Waals surface area contributed by atoms with E-state index in [9.17, 15) is 0 Å². The topological polar surface area (TPSA) is 35.2 Å². The molecule has 0 unspecified atom stereocenters. The van der Waals surface area contributed by atoms with Crippen LogP contribution in [0.1, 0.15) is 44.1 Å². The number of hydrogen-bond acceptors (Lipinski definition) is 2. The summed E-state index contributed by atoms with van der Waals surface area (Å²) >= 11 is 0. The summed E-state index contributed by atoms with van der Waals surface area (Å²) in [6, 6.07) is 8.10. The molecule has 4 fully saturated rings. The Kier molecular flexibility index (Phi) is 2.63. The van der Waals surface area contributed by atoms with Gasteiger partial charge in [0.2, 0.25) is 0 Å². The second-order valence-corrected chi connectivity index (χ2v) is 7.09. The largest absolute Gasteiger partial charge is 0.398 e. The highest BCUT2D eigenvalue weighted by Crippen LogP contribution is 2.57. The van der Waals surface area contributed by atoms with Crippen molar-refractivity contribution in [2.45, 2.75) is 50.7 Å². The lowest BCUT2D eigenvalue weighted by molar-refractivity contribution is -0.168. The molecule has 4 aliphatic rings. The van der Waals surface area contributed by atoms with Crippen molar-refractivity contribution in [2.24, 2.45) is 17.8 Å². The molecule has 4 aliphatic carbocycles. The number of nitrogens with two attached hydrogens (primary N) is 1. The molecule has 2 heteroatoms. The van der Waals surface area contributed by atoms with E-state index in [1.54, 1.807) is 0 Å². The van der Waals surface area contributed by atoms with Crippen molar-refractivity contribution in [3.63, 3.8) is 0 Å². The summed E-state index contributed by atoms with van der Waals surface area (Å²) in [6.45, 7) is 0.693. The van der Waals surface area contributed by atoms with Gasteiger partial charge in [-0.3, -0.25) is 0 Å². The number of hydrogen-bond donors (Lipinski definition) is 1. The maximum Gasteiger partial charge on any atom is 0.0744 e. The van der Waals surface area contributed by atoms with E-state index in [1.165, 1.54) is 38.5 Å². The molecule has 0 heterocycles. The van der Waals surface area contributed by atoms with Crippen LogP contribution in [0, 0.1) is 17.8 Å². The molecule has 0 aliphatic heterocycles. The Morgan fingerprint density at radius 1 is 1.00 bits per heavy atom. The van der Waals surface area contributed by atoms with Crippen molar-refractivity contribution >= 4 is 5.69 Å². The third-order valence-electron chi connectivity index (χ3n) is 5.57. The van der Waals surface area contributed by atoms with Gasteiger partial charge in [-0.25, -0.2) is 0 Å². The van der Waals surface area contributed by atoms with Crippen molar-refractivity contribution in [3.05, 3.63) is 29.8 Å². The normalized spacial score (nSPS) is 39.7. The molecule has 5 rings (SSSR count). The van der Waals surface area contributed by atoms with Gasteiger partial charge in [0.1, 0.15) is 0 Å². The van der Waals surface area contributed by atoms with Crippen LogP contribution in [0.25, 0.3) is 0 Å². The van der Waals surface area contributed by atoms with Crippen molar-refractivity contribution in [2.75, 3.05) is 5.73 Å². The second kappa shape index (κ2) is 4.24. The van der Waals surface area contributed by atoms with Gasteiger partial charge < -0.3 is 10.5 Å². The number of ether oxygens (including phenoxy) is 1. The Balaban J connectivity index is 1.49. The molecule has 0 amide bonds. The first kappa shape index (κ1) is 11.8. The lowest BCUT2D eigenvalue weighted by Crippen LogP contribution is -2.51. The molecule has 0 saturated heterocycles. The van der Waals surface area contributed by atoms with Gasteiger partial charge in [0.15, 0.2) is 0 Å². The zero-order chi connectivity index (χ0) is 12.9. The third kappa shape index (κ3) is 2.06. The van der Waals surface area contributed by atoms with Gasteiger partial charge in [0.05, 0.1) is 12.2 Å². The Morgan fingerprint density at radius 2 is 1.58 bits per heavy atom. The molecule has 2 N–H and O–H groups in total.